The molecule has 0 saturated heterocycles. The first kappa shape index (κ1) is 27.5. The molecule has 3 heterocycles. The second kappa shape index (κ2) is 11.3. The van der Waals surface area contributed by atoms with Crippen LogP contribution in [0.3, 0.4) is 0 Å². The maximum absolute atomic E-state index is 14.5. The average Bonchev–Trinajstić information content (AvgIpc) is 3.58. The van der Waals surface area contributed by atoms with Crippen LogP contribution in [0.2, 0.25) is 0 Å². The fourth-order valence-corrected chi connectivity index (χ4v) is 6.03. The van der Waals surface area contributed by atoms with Crippen molar-refractivity contribution in [3.8, 4) is 28.3 Å². The predicted octanol–water partition coefficient (Wildman–Crippen LogP) is 6.76. The molecule has 6 rings (SSSR count). The van der Waals surface area contributed by atoms with Crippen LogP contribution in [0.25, 0.3) is 39.5 Å². The zero-order valence-electron chi connectivity index (χ0n) is 24.0. The van der Waals surface area contributed by atoms with E-state index in [0.717, 1.165) is 56.6 Å². The molecule has 2 aromatic heterocycles. The third-order valence-corrected chi connectivity index (χ3v) is 7.92. The van der Waals surface area contributed by atoms with Crippen LogP contribution in [0.1, 0.15) is 40.9 Å². The van der Waals surface area contributed by atoms with Crippen molar-refractivity contribution in [1.82, 2.24) is 14.9 Å². The van der Waals surface area contributed by atoms with Gasteiger partial charge in [-0.25, -0.2) is 4.39 Å². The lowest BCUT2D eigenvalue weighted by Gasteiger charge is -2.23. The standard InChI is InChI=1S/C35H34FN3O3/c1-21(2)13-24-16-29-22(17-33(24)42-3)11-12-39-32(29)18-30(34(39)23-7-6-8-26(36)14-23)35(41)38-27(20-40)15-25-19-37-31-10-5-4-9-28(25)31/h4-10,13-14,16-19,27,37,40H,11-12,15,20H2,1-3H3,(H,38,41)/t27-/m1/s1. The van der Waals surface area contributed by atoms with Crippen molar-refractivity contribution in [2.75, 3.05) is 13.7 Å². The molecule has 1 atom stereocenters. The van der Waals surface area contributed by atoms with Crippen molar-refractivity contribution in [3.63, 3.8) is 0 Å². The number of para-hydroxylation sites is 1. The number of nitrogens with zero attached hydrogens (tertiary/aromatic N) is 1. The Labute approximate surface area is 244 Å². The van der Waals surface area contributed by atoms with Crippen molar-refractivity contribution >= 4 is 22.9 Å². The number of aromatic nitrogens is 2. The molecule has 3 N–H and O–H groups in total. The molecule has 0 spiro atoms. The van der Waals surface area contributed by atoms with Gasteiger partial charge in [-0.1, -0.05) is 42.0 Å². The number of fused-ring (bicyclic) bond motifs is 4. The average molecular weight is 564 g/mol. The fourth-order valence-electron chi connectivity index (χ4n) is 6.03. The van der Waals surface area contributed by atoms with E-state index in [-0.39, 0.29) is 18.3 Å². The van der Waals surface area contributed by atoms with Crippen LogP contribution in [-0.2, 0) is 19.4 Å². The van der Waals surface area contributed by atoms with Crippen molar-refractivity contribution in [2.24, 2.45) is 0 Å². The number of H-pyrrole nitrogens is 1. The summed E-state index contributed by atoms with van der Waals surface area (Å²) >= 11 is 0. The Morgan fingerprint density at radius 1 is 1.14 bits per heavy atom. The van der Waals surface area contributed by atoms with Gasteiger partial charge in [0.15, 0.2) is 0 Å². The van der Waals surface area contributed by atoms with Gasteiger partial charge in [-0.2, -0.15) is 0 Å². The van der Waals surface area contributed by atoms with Crippen LogP contribution in [-0.4, -0.2) is 40.3 Å². The molecule has 0 bridgehead atoms. The number of aliphatic hydroxyl groups is 1. The maximum atomic E-state index is 14.5. The number of aryl methyl sites for hydroxylation is 1. The van der Waals surface area contributed by atoms with Crippen molar-refractivity contribution < 1.29 is 19.0 Å². The second-order valence-electron chi connectivity index (χ2n) is 11.1. The first-order valence-electron chi connectivity index (χ1n) is 14.2. The van der Waals surface area contributed by atoms with Crippen molar-refractivity contribution in [2.45, 2.75) is 39.3 Å². The molecule has 5 aromatic rings. The van der Waals surface area contributed by atoms with Crippen molar-refractivity contribution in [3.05, 3.63) is 107 Å². The molecular formula is C35H34FN3O3. The summed E-state index contributed by atoms with van der Waals surface area (Å²) in [6.45, 7) is 4.49. The van der Waals surface area contributed by atoms with E-state index >= 15 is 0 Å². The molecule has 6 nitrogen and oxygen atoms in total. The summed E-state index contributed by atoms with van der Waals surface area (Å²) < 4.78 is 22.3. The molecule has 214 valence electrons. The minimum absolute atomic E-state index is 0.219. The van der Waals surface area contributed by atoms with Gasteiger partial charge in [0.1, 0.15) is 11.6 Å². The number of carbonyl (C=O) groups is 1. The molecule has 7 heteroatoms. The summed E-state index contributed by atoms with van der Waals surface area (Å²) in [5.41, 5.74) is 8.91. The third-order valence-electron chi connectivity index (χ3n) is 7.92. The monoisotopic (exact) mass is 563 g/mol. The molecule has 0 radical (unpaired) electrons. The SMILES string of the molecule is COc1cc2c(cc1C=C(C)C)-c1cc(C(=O)N[C@@H](CO)Cc3c[nH]c4ccccc34)c(-c3cccc(F)c3)n1CC2. The highest BCUT2D eigenvalue weighted by molar-refractivity contribution is 6.02. The number of methoxy groups -OCH3 is 1. The van der Waals surface area contributed by atoms with E-state index in [2.05, 4.69) is 33.1 Å². The van der Waals surface area contributed by atoms with Gasteiger partial charge in [0.05, 0.1) is 31.0 Å². The highest BCUT2D eigenvalue weighted by atomic mass is 19.1. The first-order chi connectivity index (χ1) is 20.4. The van der Waals surface area contributed by atoms with Crippen LogP contribution in [0.15, 0.2) is 78.5 Å². The molecule has 42 heavy (non-hydrogen) atoms. The molecular weight excluding hydrogens is 529 g/mol. The normalized spacial score (nSPS) is 12.9. The maximum Gasteiger partial charge on any atom is 0.253 e. The topological polar surface area (TPSA) is 79.3 Å². The number of nitrogens with one attached hydrogen (secondary N) is 2. The zero-order valence-corrected chi connectivity index (χ0v) is 24.0. The number of halogens is 1. The molecule has 3 aromatic carbocycles. The van der Waals surface area contributed by atoms with Gasteiger partial charge >= 0.3 is 0 Å². The Kier molecular flexibility index (Phi) is 7.43. The Hall–Kier alpha value is -4.62. The highest BCUT2D eigenvalue weighted by Gasteiger charge is 2.28. The Morgan fingerprint density at radius 3 is 2.74 bits per heavy atom. The summed E-state index contributed by atoms with van der Waals surface area (Å²) in [6, 6.07) is 19.9. The van der Waals surface area contributed by atoms with E-state index in [0.29, 0.717) is 29.8 Å². The van der Waals surface area contributed by atoms with Crippen LogP contribution >= 0.6 is 0 Å². The largest absolute Gasteiger partial charge is 0.496 e. The van der Waals surface area contributed by atoms with Crippen molar-refractivity contribution in [1.29, 1.82) is 0 Å². The molecule has 0 unspecified atom stereocenters. The minimum Gasteiger partial charge on any atom is -0.496 e. The molecule has 0 aliphatic carbocycles. The molecule has 1 amide bonds. The lowest BCUT2D eigenvalue weighted by atomic mass is 9.94. The third kappa shape index (κ3) is 5.12. The van der Waals surface area contributed by atoms with Gasteiger partial charge < -0.3 is 24.7 Å². The van der Waals surface area contributed by atoms with E-state index < -0.39 is 6.04 Å². The Morgan fingerprint density at radius 2 is 1.98 bits per heavy atom. The quantitative estimate of drug-likeness (QED) is 0.195. The second-order valence-corrected chi connectivity index (χ2v) is 11.1. The summed E-state index contributed by atoms with van der Waals surface area (Å²) in [5.74, 6) is 0.129. The summed E-state index contributed by atoms with van der Waals surface area (Å²) in [4.78, 5) is 17.2. The first-order valence-corrected chi connectivity index (χ1v) is 14.2. The van der Waals surface area contributed by atoms with Crippen LogP contribution in [0, 0.1) is 5.82 Å². The summed E-state index contributed by atoms with van der Waals surface area (Å²) in [5, 5.41) is 14.4. The zero-order chi connectivity index (χ0) is 29.4. The fraction of sp³-hybridized carbons (Fsp3) is 0.229. The predicted molar refractivity (Wildman–Crippen MR) is 165 cm³/mol. The lowest BCUT2D eigenvalue weighted by molar-refractivity contribution is 0.0917. The number of aliphatic hydroxyl groups excluding tert-OH is 1. The molecule has 1 aliphatic rings. The number of aromatic amines is 1. The number of allylic oxidation sites excluding steroid dienone is 1. The van der Waals surface area contributed by atoms with Crippen LogP contribution < -0.4 is 10.1 Å². The van der Waals surface area contributed by atoms with Gasteiger partial charge in [0.2, 0.25) is 0 Å². The summed E-state index contributed by atoms with van der Waals surface area (Å²) in [6.07, 6.45) is 5.21. The minimum atomic E-state index is -0.505. The molecule has 0 saturated carbocycles. The van der Waals surface area contributed by atoms with Crippen LogP contribution in [0.4, 0.5) is 4.39 Å². The summed E-state index contributed by atoms with van der Waals surface area (Å²) in [7, 11) is 1.67. The van der Waals surface area contributed by atoms with E-state index in [1.165, 1.54) is 12.1 Å². The van der Waals surface area contributed by atoms with E-state index in [4.69, 9.17) is 4.74 Å². The van der Waals surface area contributed by atoms with Gasteiger partial charge in [0.25, 0.3) is 5.91 Å². The Bertz CT molecular complexity index is 1830. The number of hydrogen-bond donors (Lipinski definition) is 3. The number of amides is 1. The highest BCUT2D eigenvalue weighted by Crippen LogP contribution is 2.41. The molecule has 1 aliphatic heterocycles. The lowest BCUT2D eigenvalue weighted by Crippen LogP contribution is -2.39. The van der Waals surface area contributed by atoms with Gasteiger partial charge in [-0.3, -0.25) is 4.79 Å². The number of ether oxygens (including phenoxy) is 1. The van der Waals surface area contributed by atoms with E-state index in [9.17, 15) is 14.3 Å². The van der Waals surface area contributed by atoms with Gasteiger partial charge in [-0.05, 0) is 74.2 Å². The number of benzene rings is 3. The number of carbonyl (C=O) groups excluding carboxylic acids is 1. The van der Waals surface area contributed by atoms with E-state index in [1.807, 2.05) is 56.4 Å². The number of hydrogen-bond acceptors (Lipinski definition) is 3. The smallest absolute Gasteiger partial charge is 0.253 e. The van der Waals surface area contributed by atoms with Gasteiger partial charge in [-0.15, -0.1) is 0 Å². The van der Waals surface area contributed by atoms with Gasteiger partial charge in [0, 0.05) is 46.0 Å². The van der Waals surface area contributed by atoms with Crippen LogP contribution in [0.5, 0.6) is 5.75 Å². The number of rotatable bonds is 8. The Balaban J connectivity index is 1.42. The van der Waals surface area contributed by atoms with E-state index in [1.54, 1.807) is 13.2 Å². The molecule has 0 fully saturated rings.